The minimum Gasteiger partial charge on any atom is -0.323 e. The quantitative estimate of drug-likeness (QED) is 0.946. The van der Waals surface area contributed by atoms with E-state index in [9.17, 15) is 18.0 Å². The fraction of sp³-hybridized carbons (Fsp3) is 0.333. The van der Waals surface area contributed by atoms with E-state index in [2.05, 4.69) is 10.4 Å². The van der Waals surface area contributed by atoms with Gasteiger partial charge in [0.05, 0.1) is 17.4 Å². The molecule has 4 nitrogen and oxygen atoms in total. The molecule has 7 heteroatoms. The Kier molecular flexibility index (Phi) is 3.42. The number of rotatable bonds is 3. The molecule has 1 N–H and O–H groups in total. The van der Waals surface area contributed by atoms with Gasteiger partial charge in [-0.1, -0.05) is 18.2 Å². The van der Waals surface area contributed by atoms with Crippen molar-refractivity contribution in [1.29, 1.82) is 0 Å². The van der Waals surface area contributed by atoms with E-state index in [-0.39, 0.29) is 17.4 Å². The molecule has 3 rings (SSSR count). The van der Waals surface area contributed by atoms with Crippen molar-refractivity contribution in [2.24, 2.45) is 13.0 Å². The maximum atomic E-state index is 13.0. The molecule has 1 saturated carbocycles. The predicted octanol–water partition coefficient (Wildman–Crippen LogP) is 3.18. The van der Waals surface area contributed by atoms with Crippen LogP contribution >= 0.6 is 0 Å². The monoisotopic (exact) mass is 309 g/mol. The molecule has 1 heterocycles. The van der Waals surface area contributed by atoms with Crippen LogP contribution in [0.3, 0.4) is 0 Å². The third-order valence-corrected chi connectivity index (χ3v) is 3.77. The molecule has 2 atom stereocenters. The van der Waals surface area contributed by atoms with E-state index >= 15 is 0 Å². The van der Waals surface area contributed by atoms with Crippen molar-refractivity contribution in [2.75, 3.05) is 5.32 Å². The number of hydrogen-bond donors (Lipinski definition) is 1. The van der Waals surface area contributed by atoms with Crippen molar-refractivity contribution < 1.29 is 18.0 Å². The number of amides is 1. The first-order chi connectivity index (χ1) is 10.4. The Labute approximate surface area is 124 Å². The zero-order valence-corrected chi connectivity index (χ0v) is 11.8. The minimum absolute atomic E-state index is 0.196. The number of nitrogens with one attached hydrogen (secondary N) is 1. The molecule has 0 saturated heterocycles. The van der Waals surface area contributed by atoms with Crippen molar-refractivity contribution >= 4 is 11.6 Å². The van der Waals surface area contributed by atoms with E-state index < -0.39 is 17.7 Å². The third-order valence-electron chi connectivity index (χ3n) is 3.77. The summed E-state index contributed by atoms with van der Waals surface area (Å²) in [5.41, 5.74) is 0.0836. The first kappa shape index (κ1) is 14.6. The number of aromatic nitrogens is 2. The summed E-state index contributed by atoms with van der Waals surface area (Å²) < 4.78 is 40.5. The standard InChI is InChI=1S/C15H14F3N3O/c1-21-8-9(7-19-21)20-14(22)12-6-11(12)10-4-2-3-5-13(10)15(16,17)18/h2-5,7-8,11-12H,6H2,1H3,(H,20,22). The number of nitrogens with zero attached hydrogens (tertiary/aromatic N) is 2. The first-order valence-electron chi connectivity index (χ1n) is 6.82. The van der Waals surface area contributed by atoms with Crippen LogP contribution in [0.4, 0.5) is 18.9 Å². The van der Waals surface area contributed by atoms with E-state index in [1.54, 1.807) is 24.0 Å². The molecule has 0 radical (unpaired) electrons. The van der Waals surface area contributed by atoms with Gasteiger partial charge in [0.25, 0.3) is 0 Å². The molecular formula is C15H14F3N3O. The Morgan fingerprint density at radius 3 is 2.73 bits per heavy atom. The largest absolute Gasteiger partial charge is 0.416 e. The summed E-state index contributed by atoms with van der Waals surface area (Å²) in [5.74, 6) is -1.08. The average molecular weight is 309 g/mol. The molecule has 2 aromatic rings. The van der Waals surface area contributed by atoms with Gasteiger partial charge in [-0.25, -0.2) is 0 Å². The maximum absolute atomic E-state index is 13.0. The average Bonchev–Trinajstić information content (AvgIpc) is 3.15. The van der Waals surface area contributed by atoms with Crippen LogP contribution < -0.4 is 5.32 Å². The van der Waals surface area contributed by atoms with E-state index in [1.807, 2.05) is 0 Å². The number of carbonyl (C=O) groups excluding carboxylic acids is 1. The summed E-state index contributed by atoms with van der Waals surface area (Å²) in [7, 11) is 1.72. The molecule has 1 aromatic carbocycles. The van der Waals surface area contributed by atoms with Gasteiger partial charge in [-0.05, 0) is 24.0 Å². The van der Waals surface area contributed by atoms with Gasteiger partial charge in [-0.2, -0.15) is 18.3 Å². The van der Waals surface area contributed by atoms with E-state index in [4.69, 9.17) is 0 Å². The zero-order valence-electron chi connectivity index (χ0n) is 11.8. The summed E-state index contributed by atoms with van der Waals surface area (Å²) >= 11 is 0. The van der Waals surface area contributed by atoms with Crippen LogP contribution in [0.5, 0.6) is 0 Å². The molecule has 1 aliphatic rings. The fourth-order valence-electron chi connectivity index (χ4n) is 2.63. The highest BCUT2D eigenvalue weighted by Crippen LogP contribution is 2.51. The summed E-state index contributed by atoms with van der Waals surface area (Å²) in [6, 6.07) is 5.44. The van der Waals surface area contributed by atoms with Crippen molar-refractivity contribution in [3.63, 3.8) is 0 Å². The molecule has 0 bridgehead atoms. The lowest BCUT2D eigenvalue weighted by atomic mass is 10.0. The number of alkyl halides is 3. The lowest BCUT2D eigenvalue weighted by Crippen LogP contribution is -2.15. The Bertz CT molecular complexity index is 708. The van der Waals surface area contributed by atoms with Gasteiger partial charge in [0.2, 0.25) is 5.91 Å². The lowest BCUT2D eigenvalue weighted by molar-refractivity contribution is -0.138. The van der Waals surface area contributed by atoms with E-state index in [1.165, 1.54) is 18.3 Å². The van der Waals surface area contributed by atoms with Gasteiger partial charge in [0, 0.05) is 19.2 Å². The predicted molar refractivity (Wildman–Crippen MR) is 74.1 cm³/mol. The maximum Gasteiger partial charge on any atom is 0.416 e. The van der Waals surface area contributed by atoms with Gasteiger partial charge in [-0.3, -0.25) is 9.48 Å². The molecule has 1 amide bonds. The van der Waals surface area contributed by atoms with Crippen LogP contribution in [-0.2, 0) is 18.0 Å². The van der Waals surface area contributed by atoms with Gasteiger partial charge in [0.1, 0.15) is 0 Å². The van der Waals surface area contributed by atoms with Crippen LogP contribution in [0, 0.1) is 5.92 Å². The first-order valence-corrected chi connectivity index (χ1v) is 6.82. The Hall–Kier alpha value is -2.31. The number of benzene rings is 1. The topological polar surface area (TPSA) is 46.9 Å². The molecule has 1 fully saturated rings. The summed E-state index contributed by atoms with van der Waals surface area (Å²) in [5, 5.41) is 6.61. The van der Waals surface area contributed by atoms with Gasteiger partial charge < -0.3 is 5.32 Å². The summed E-state index contributed by atoms with van der Waals surface area (Å²) in [4.78, 5) is 12.1. The second-order valence-corrected chi connectivity index (χ2v) is 5.43. The van der Waals surface area contributed by atoms with Crippen LogP contribution in [0.1, 0.15) is 23.5 Å². The van der Waals surface area contributed by atoms with Gasteiger partial charge in [0.15, 0.2) is 0 Å². The minimum atomic E-state index is -4.40. The molecule has 0 aliphatic heterocycles. The third kappa shape index (κ3) is 2.84. The molecule has 2 unspecified atom stereocenters. The SMILES string of the molecule is Cn1cc(NC(=O)C2CC2c2ccccc2C(F)(F)F)cn1. The van der Waals surface area contributed by atoms with E-state index in [0.717, 1.165) is 6.07 Å². The smallest absolute Gasteiger partial charge is 0.323 e. The highest BCUT2D eigenvalue weighted by atomic mass is 19.4. The zero-order chi connectivity index (χ0) is 15.9. The van der Waals surface area contributed by atoms with Crippen LogP contribution in [0.25, 0.3) is 0 Å². The Morgan fingerprint density at radius 2 is 2.09 bits per heavy atom. The number of carbonyl (C=O) groups is 1. The number of aryl methyl sites for hydroxylation is 1. The van der Waals surface area contributed by atoms with Crippen LogP contribution in [0.2, 0.25) is 0 Å². The second kappa shape index (κ2) is 5.15. The molecule has 1 aromatic heterocycles. The Balaban J connectivity index is 1.73. The molecule has 1 aliphatic carbocycles. The van der Waals surface area contributed by atoms with E-state index in [0.29, 0.717) is 12.1 Å². The highest BCUT2D eigenvalue weighted by molar-refractivity contribution is 5.95. The van der Waals surface area contributed by atoms with Crippen LogP contribution in [-0.4, -0.2) is 15.7 Å². The Morgan fingerprint density at radius 1 is 1.36 bits per heavy atom. The molecule has 116 valence electrons. The summed E-state index contributed by atoms with van der Waals surface area (Å²) in [6.45, 7) is 0. The lowest BCUT2D eigenvalue weighted by Gasteiger charge is -2.12. The second-order valence-electron chi connectivity index (χ2n) is 5.43. The normalized spacial score (nSPS) is 20.7. The number of hydrogen-bond acceptors (Lipinski definition) is 2. The van der Waals surface area contributed by atoms with Gasteiger partial charge >= 0.3 is 6.18 Å². The molecule has 0 spiro atoms. The number of anilines is 1. The number of halogens is 3. The van der Waals surface area contributed by atoms with Crippen molar-refractivity contribution in [2.45, 2.75) is 18.5 Å². The van der Waals surface area contributed by atoms with Gasteiger partial charge in [-0.15, -0.1) is 0 Å². The van der Waals surface area contributed by atoms with Crippen molar-refractivity contribution in [3.8, 4) is 0 Å². The van der Waals surface area contributed by atoms with Crippen LogP contribution in [0.15, 0.2) is 36.7 Å². The summed E-state index contributed by atoms with van der Waals surface area (Å²) in [6.07, 6.45) is -0.833. The molecule has 22 heavy (non-hydrogen) atoms. The highest BCUT2D eigenvalue weighted by Gasteiger charge is 2.47. The van der Waals surface area contributed by atoms with Crippen molar-refractivity contribution in [3.05, 3.63) is 47.8 Å². The fourth-order valence-corrected chi connectivity index (χ4v) is 2.63. The van der Waals surface area contributed by atoms with Crippen molar-refractivity contribution in [1.82, 2.24) is 9.78 Å². The molecular weight excluding hydrogens is 295 g/mol.